The van der Waals surface area contributed by atoms with Crippen LogP contribution < -0.4 is 5.32 Å². The Morgan fingerprint density at radius 2 is 2.15 bits per heavy atom. The van der Waals surface area contributed by atoms with E-state index in [2.05, 4.69) is 5.32 Å². The van der Waals surface area contributed by atoms with Crippen molar-refractivity contribution in [3.05, 3.63) is 33.8 Å². The third kappa shape index (κ3) is 4.26. The fourth-order valence-corrected chi connectivity index (χ4v) is 2.71. The maximum atomic E-state index is 12.3. The Morgan fingerprint density at radius 1 is 1.40 bits per heavy atom. The summed E-state index contributed by atoms with van der Waals surface area (Å²) >= 11 is 12.1. The summed E-state index contributed by atoms with van der Waals surface area (Å²) in [4.78, 5) is 14.0. The Morgan fingerprint density at radius 3 is 2.80 bits per heavy atom. The standard InChI is InChI=1S/C14H18Cl2N2O.ClH/c1-18(14(19)12-7-2-3-8-17-12)9-10-5-4-6-11(15)13(10)16;/h4-6,12,17H,2-3,7-9H2,1H3;1H/t12-;/m1./s1. The first-order valence-corrected chi connectivity index (χ1v) is 7.26. The topological polar surface area (TPSA) is 32.3 Å². The highest BCUT2D eigenvalue weighted by Gasteiger charge is 2.24. The van der Waals surface area contributed by atoms with Crippen molar-refractivity contribution >= 4 is 41.5 Å². The number of carbonyl (C=O) groups is 1. The Bertz CT molecular complexity index is 462. The number of nitrogens with zero attached hydrogens (tertiary/aromatic N) is 1. The molecule has 1 aliphatic rings. The van der Waals surface area contributed by atoms with Gasteiger partial charge in [-0.15, -0.1) is 12.4 Å². The number of amides is 1. The molecule has 0 saturated carbocycles. The van der Waals surface area contributed by atoms with Gasteiger partial charge in [-0.1, -0.05) is 41.8 Å². The smallest absolute Gasteiger partial charge is 0.239 e. The molecular formula is C14H19Cl3N2O. The minimum Gasteiger partial charge on any atom is -0.340 e. The molecule has 0 bridgehead atoms. The number of rotatable bonds is 3. The predicted octanol–water partition coefficient (Wildman–Crippen LogP) is 3.52. The molecule has 2 rings (SSSR count). The number of piperidine rings is 1. The van der Waals surface area contributed by atoms with Crippen LogP contribution >= 0.6 is 35.6 Å². The molecule has 3 nitrogen and oxygen atoms in total. The molecule has 1 aromatic rings. The first kappa shape index (κ1) is 17.6. The van der Waals surface area contributed by atoms with Gasteiger partial charge < -0.3 is 10.2 Å². The number of halogens is 3. The summed E-state index contributed by atoms with van der Waals surface area (Å²) < 4.78 is 0. The fourth-order valence-electron chi connectivity index (χ4n) is 2.33. The summed E-state index contributed by atoms with van der Waals surface area (Å²) in [6.45, 7) is 1.40. The number of hydrogen-bond donors (Lipinski definition) is 1. The lowest BCUT2D eigenvalue weighted by molar-refractivity contribution is -0.133. The van der Waals surface area contributed by atoms with Gasteiger partial charge in [0.25, 0.3) is 0 Å². The number of benzene rings is 1. The summed E-state index contributed by atoms with van der Waals surface area (Å²) in [5.41, 5.74) is 0.876. The van der Waals surface area contributed by atoms with Crippen molar-refractivity contribution < 1.29 is 4.79 Å². The van der Waals surface area contributed by atoms with E-state index in [-0.39, 0.29) is 24.4 Å². The van der Waals surface area contributed by atoms with Crippen molar-refractivity contribution in [2.75, 3.05) is 13.6 Å². The van der Waals surface area contributed by atoms with E-state index in [0.717, 1.165) is 31.4 Å². The Labute approximate surface area is 136 Å². The van der Waals surface area contributed by atoms with Crippen LogP contribution in [0.2, 0.25) is 10.0 Å². The highest BCUT2D eigenvalue weighted by molar-refractivity contribution is 6.42. The molecule has 6 heteroatoms. The lowest BCUT2D eigenvalue weighted by atomic mass is 10.0. The summed E-state index contributed by atoms with van der Waals surface area (Å²) in [5.74, 6) is 0.121. The van der Waals surface area contributed by atoms with Crippen LogP contribution in [-0.2, 0) is 11.3 Å². The van der Waals surface area contributed by atoms with Gasteiger partial charge in [-0.3, -0.25) is 4.79 Å². The zero-order valence-corrected chi connectivity index (χ0v) is 13.7. The van der Waals surface area contributed by atoms with Crippen LogP contribution in [0.25, 0.3) is 0 Å². The van der Waals surface area contributed by atoms with Gasteiger partial charge >= 0.3 is 0 Å². The molecule has 1 heterocycles. The second kappa shape index (κ2) is 8.08. The van der Waals surface area contributed by atoms with Crippen LogP contribution in [-0.4, -0.2) is 30.4 Å². The van der Waals surface area contributed by atoms with E-state index in [1.807, 2.05) is 12.1 Å². The molecule has 112 valence electrons. The van der Waals surface area contributed by atoms with E-state index in [1.54, 1.807) is 18.0 Å². The molecule has 0 aliphatic carbocycles. The van der Waals surface area contributed by atoms with E-state index >= 15 is 0 Å². The second-order valence-corrected chi connectivity index (χ2v) is 5.69. The van der Waals surface area contributed by atoms with Crippen LogP contribution in [0.3, 0.4) is 0 Å². The summed E-state index contributed by atoms with van der Waals surface area (Å²) in [7, 11) is 1.80. The first-order chi connectivity index (χ1) is 9.09. The van der Waals surface area contributed by atoms with Crippen molar-refractivity contribution in [1.29, 1.82) is 0 Å². The van der Waals surface area contributed by atoms with Gasteiger partial charge in [-0.2, -0.15) is 0 Å². The third-order valence-corrected chi connectivity index (χ3v) is 4.28. The van der Waals surface area contributed by atoms with Gasteiger partial charge in [0, 0.05) is 13.6 Å². The van der Waals surface area contributed by atoms with Gasteiger partial charge in [0.2, 0.25) is 5.91 Å². The molecule has 0 spiro atoms. The Balaban J connectivity index is 0.00000200. The number of carbonyl (C=O) groups excluding carboxylic acids is 1. The van der Waals surface area contributed by atoms with Crippen molar-refractivity contribution in [3.63, 3.8) is 0 Å². The van der Waals surface area contributed by atoms with E-state index in [0.29, 0.717) is 16.6 Å². The molecular weight excluding hydrogens is 319 g/mol. The minimum atomic E-state index is -0.0586. The molecule has 1 fully saturated rings. The molecule has 0 radical (unpaired) electrons. The molecule has 1 amide bonds. The Hall–Kier alpha value is -0.480. The highest BCUT2D eigenvalue weighted by Crippen LogP contribution is 2.26. The average molecular weight is 338 g/mol. The van der Waals surface area contributed by atoms with Crippen molar-refractivity contribution in [2.45, 2.75) is 31.8 Å². The van der Waals surface area contributed by atoms with Gasteiger partial charge in [-0.25, -0.2) is 0 Å². The Kier molecular flexibility index (Phi) is 7.10. The van der Waals surface area contributed by atoms with E-state index in [9.17, 15) is 4.79 Å². The summed E-state index contributed by atoms with van der Waals surface area (Å²) in [6.07, 6.45) is 3.16. The maximum absolute atomic E-state index is 12.3. The molecule has 1 aliphatic heterocycles. The van der Waals surface area contributed by atoms with Crippen molar-refractivity contribution in [1.82, 2.24) is 10.2 Å². The zero-order chi connectivity index (χ0) is 13.8. The van der Waals surface area contributed by atoms with Crippen LogP contribution in [0.5, 0.6) is 0 Å². The molecule has 1 aromatic carbocycles. The molecule has 1 atom stereocenters. The fraction of sp³-hybridized carbons (Fsp3) is 0.500. The van der Waals surface area contributed by atoms with Crippen LogP contribution in [0.15, 0.2) is 18.2 Å². The lowest BCUT2D eigenvalue weighted by Crippen LogP contribution is -2.47. The highest BCUT2D eigenvalue weighted by atomic mass is 35.5. The van der Waals surface area contributed by atoms with Crippen molar-refractivity contribution in [3.8, 4) is 0 Å². The predicted molar refractivity (Wildman–Crippen MR) is 85.8 cm³/mol. The first-order valence-electron chi connectivity index (χ1n) is 6.51. The van der Waals surface area contributed by atoms with Gasteiger partial charge in [0.15, 0.2) is 0 Å². The van der Waals surface area contributed by atoms with Crippen LogP contribution in [0.1, 0.15) is 24.8 Å². The monoisotopic (exact) mass is 336 g/mol. The van der Waals surface area contributed by atoms with E-state index < -0.39 is 0 Å². The lowest BCUT2D eigenvalue weighted by Gasteiger charge is -2.27. The molecule has 20 heavy (non-hydrogen) atoms. The molecule has 1 saturated heterocycles. The summed E-state index contributed by atoms with van der Waals surface area (Å²) in [5, 5.41) is 4.31. The maximum Gasteiger partial charge on any atom is 0.239 e. The molecule has 1 N–H and O–H groups in total. The largest absolute Gasteiger partial charge is 0.340 e. The summed E-state index contributed by atoms with van der Waals surface area (Å²) in [6, 6.07) is 5.43. The van der Waals surface area contributed by atoms with E-state index in [4.69, 9.17) is 23.2 Å². The average Bonchev–Trinajstić information content (AvgIpc) is 2.44. The second-order valence-electron chi connectivity index (χ2n) is 4.91. The van der Waals surface area contributed by atoms with Crippen molar-refractivity contribution in [2.24, 2.45) is 0 Å². The molecule has 0 unspecified atom stereocenters. The number of nitrogens with one attached hydrogen (secondary N) is 1. The number of likely N-dealkylation sites (N-methyl/N-ethyl adjacent to an activating group) is 1. The minimum absolute atomic E-state index is 0. The third-order valence-electron chi connectivity index (χ3n) is 3.42. The van der Waals surface area contributed by atoms with Gasteiger partial charge in [-0.05, 0) is 31.0 Å². The SMILES string of the molecule is CN(Cc1cccc(Cl)c1Cl)C(=O)[C@H]1CCCCN1.Cl. The van der Waals surface area contributed by atoms with Crippen LogP contribution in [0, 0.1) is 0 Å². The molecule has 0 aromatic heterocycles. The normalized spacial score (nSPS) is 18.2. The van der Waals surface area contributed by atoms with Gasteiger partial charge in [0.1, 0.15) is 0 Å². The number of hydrogen-bond acceptors (Lipinski definition) is 2. The van der Waals surface area contributed by atoms with E-state index in [1.165, 1.54) is 0 Å². The zero-order valence-electron chi connectivity index (χ0n) is 11.4. The quantitative estimate of drug-likeness (QED) is 0.915. The van der Waals surface area contributed by atoms with Crippen LogP contribution in [0.4, 0.5) is 0 Å². The van der Waals surface area contributed by atoms with Gasteiger partial charge in [0.05, 0.1) is 16.1 Å².